The summed E-state index contributed by atoms with van der Waals surface area (Å²) in [7, 11) is 1.56. The van der Waals surface area contributed by atoms with Crippen LogP contribution in [0.2, 0.25) is 0 Å². The van der Waals surface area contributed by atoms with E-state index in [0.29, 0.717) is 22.7 Å². The Bertz CT molecular complexity index is 645. The van der Waals surface area contributed by atoms with E-state index in [9.17, 15) is 13.2 Å². The molecule has 0 heterocycles. The molecule has 0 aliphatic heterocycles. The molecule has 110 valence electrons. The summed E-state index contributed by atoms with van der Waals surface area (Å²) in [5, 5.41) is 0. The number of ether oxygens (including phenoxy) is 1. The number of hydrogen-bond donors (Lipinski definition) is 0. The van der Waals surface area contributed by atoms with E-state index in [0.717, 1.165) is 12.1 Å². The maximum Gasteiger partial charge on any atom is 0.416 e. The summed E-state index contributed by atoms with van der Waals surface area (Å²) < 4.78 is 43.1. The molecule has 21 heavy (non-hydrogen) atoms. The minimum atomic E-state index is -4.35. The van der Waals surface area contributed by atoms with Crippen LogP contribution >= 0.6 is 0 Å². The van der Waals surface area contributed by atoms with Crippen LogP contribution in [0.4, 0.5) is 18.9 Å². The Morgan fingerprint density at radius 2 is 1.71 bits per heavy atom. The molecule has 0 aliphatic rings. The van der Waals surface area contributed by atoms with Crippen molar-refractivity contribution < 1.29 is 17.9 Å². The fourth-order valence-corrected chi connectivity index (χ4v) is 1.84. The largest absolute Gasteiger partial charge is 0.497 e. The molecular weight excluding hydrogens is 279 g/mol. The van der Waals surface area contributed by atoms with Gasteiger partial charge in [-0.15, -0.1) is 0 Å². The quantitative estimate of drug-likeness (QED) is 0.741. The summed E-state index contributed by atoms with van der Waals surface area (Å²) in [6.45, 7) is 1.68. The Morgan fingerprint density at radius 1 is 1.05 bits per heavy atom. The Hall–Kier alpha value is -2.30. The highest BCUT2D eigenvalue weighted by atomic mass is 19.4. The van der Waals surface area contributed by atoms with Gasteiger partial charge >= 0.3 is 6.18 Å². The molecule has 5 heteroatoms. The number of alkyl halides is 3. The van der Waals surface area contributed by atoms with Crippen LogP contribution in [0.5, 0.6) is 5.75 Å². The summed E-state index contributed by atoms with van der Waals surface area (Å²) in [6, 6.07) is 12.1. The molecule has 2 rings (SSSR count). The molecule has 0 fully saturated rings. The van der Waals surface area contributed by atoms with Crippen LogP contribution in [0.3, 0.4) is 0 Å². The predicted octanol–water partition coefficient (Wildman–Crippen LogP) is 4.85. The fourth-order valence-electron chi connectivity index (χ4n) is 1.84. The molecular formula is C16H14F3NO. The van der Waals surface area contributed by atoms with E-state index in [1.807, 2.05) is 0 Å². The number of aliphatic imine (C=N–C) groups is 1. The van der Waals surface area contributed by atoms with Crippen molar-refractivity contribution in [1.29, 1.82) is 0 Å². The maximum atomic E-state index is 12.7. The standard InChI is InChI=1S/C16H14F3NO/c1-11(20-14-6-8-15(21-2)9-7-14)12-4-3-5-13(10-12)16(17,18)19/h3-10H,1-2H3. The van der Waals surface area contributed by atoms with Gasteiger partial charge in [-0.1, -0.05) is 12.1 Å². The summed E-state index contributed by atoms with van der Waals surface area (Å²) in [6.07, 6.45) is -4.35. The Kier molecular flexibility index (Phi) is 4.31. The van der Waals surface area contributed by atoms with Gasteiger partial charge in [-0.05, 0) is 48.9 Å². The zero-order valence-corrected chi connectivity index (χ0v) is 11.6. The van der Waals surface area contributed by atoms with Gasteiger partial charge in [0.2, 0.25) is 0 Å². The third-order valence-corrected chi connectivity index (χ3v) is 2.98. The summed E-state index contributed by atoms with van der Waals surface area (Å²) in [5.41, 5.74) is 0.946. The fraction of sp³-hybridized carbons (Fsp3) is 0.188. The van der Waals surface area contributed by atoms with Gasteiger partial charge in [0.05, 0.1) is 18.4 Å². The number of benzene rings is 2. The van der Waals surface area contributed by atoms with Crippen LogP contribution in [0, 0.1) is 0 Å². The first kappa shape index (κ1) is 15.1. The number of halogens is 3. The van der Waals surface area contributed by atoms with Crippen molar-refractivity contribution in [2.75, 3.05) is 7.11 Å². The highest BCUT2D eigenvalue weighted by Crippen LogP contribution is 2.30. The van der Waals surface area contributed by atoms with Gasteiger partial charge in [0, 0.05) is 5.71 Å². The molecule has 2 aromatic rings. The van der Waals surface area contributed by atoms with Crippen LogP contribution in [0.15, 0.2) is 53.5 Å². The lowest BCUT2D eigenvalue weighted by molar-refractivity contribution is -0.137. The van der Waals surface area contributed by atoms with Crippen molar-refractivity contribution in [3.63, 3.8) is 0 Å². The minimum absolute atomic E-state index is 0.445. The average Bonchev–Trinajstić information content (AvgIpc) is 2.47. The molecule has 0 aromatic heterocycles. The highest BCUT2D eigenvalue weighted by Gasteiger charge is 2.30. The SMILES string of the molecule is COc1ccc(N=C(C)c2cccc(C(F)(F)F)c2)cc1. The van der Waals surface area contributed by atoms with Crippen molar-refractivity contribution in [2.24, 2.45) is 4.99 Å². The maximum absolute atomic E-state index is 12.7. The van der Waals surface area contributed by atoms with Crippen molar-refractivity contribution >= 4 is 11.4 Å². The highest BCUT2D eigenvalue weighted by molar-refractivity contribution is 6.00. The molecule has 0 N–H and O–H groups in total. The first-order chi connectivity index (χ1) is 9.90. The van der Waals surface area contributed by atoms with E-state index >= 15 is 0 Å². The van der Waals surface area contributed by atoms with Gasteiger partial charge in [0.25, 0.3) is 0 Å². The van der Waals surface area contributed by atoms with Crippen LogP contribution in [-0.4, -0.2) is 12.8 Å². The molecule has 0 radical (unpaired) electrons. The van der Waals surface area contributed by atoms with Crippen LogP contribution in [0.1, 0.15) is 18.1 Å². The monoisotopic (exact) mass is 293 g/mol. The lowest BCUT2D eigenvalue weighted by atomic mass is 10.1. The van der Waals surface area contributed by atoms with Crippen LogP contribution in [0.25, 0.3) is 0 Å². The van der Waals surface area contributed by atoms with Crippen LogP contribution < -0.4 is 4.74 Å². The minimum Gasteiger partial charge on any atom is -0.497 e. The second-order valence-corrected chi connectivity index (χ2v) is 4.47. The molecule has 2 nitrogen and oxygen atoms in total. The van der Waals surface area contributed by atoms with Crippen LogP contribution in [-0.2, 0) is 6.18 Å². The molecule has 0 unspecified atom stereocenters. The molecule has 0 atom stereocenters. The zero-order valence-electron chi connectivity index (χ0n) is 11.6. The molecule has 0 saturated carbocycles. The molecule has 0 aliphatic carbocycles. The number of methoxy groups -OCH3 is 1. The summed E-state index contributed by atoms with van der Waals surface area (Å²) >= 11 is 0. The van der Waals surface area contributed by atoms with Gasteiger partial charge in [0.15, 0.2) is 0 Å². The van der Waals surface area contributed by atoms with E-state index in [-0.39, 0.29) is 0 Å². The molecule has 0 bridgehead atoms. The van der Waals surface area contributed by atoms with E-state index in [1.165, 1.54) is 6.07 Å². The third-order valence-electron chi connectivity index (χ3n) is 2.98. The second kappa shape index (κ2) is 5.99. The number of nitrogens with zero attached hydrogens (tertiary/aromatic N) is 1. The Morgan fingerprint density at radius 3 is 2.29 bits per heavy atom. The van der Waals surface area contributed by atoms with E-state index in [1.54, 1.807) is 44.4 Å². The van der Waals surface area contributed by atoms with E-state index in [4.69, 9.17) is 4.74 Å². The number of hydrogen-bond acceptors (Lipinski definition) is 2. The zero-order chi connectivity index (χ0) is 15.5. The third kappa shape index (κ3) is 3.84. The normalized spacial score (nSPS) is 12.3. The van der Waals surface area contributed by atoms with Gasteiger partial charge in [0.1, 0.15) is 5.75 Å². The summed E-state index contributed by atoms with van der Waals surface area (Å²) in [4.78, 5) is 4.32. The van der Waals surface area contributed by atoms with Crippen molar-refractivity contribution in [1.82, 2.24) is 0 Å². The van der Waals surface area contributed by atoms with Gasteiger partial charge in [-0.25, -0.2) is 0 Å². The molecule has 0 spiro atoms. The van der Waals surface area contributed by atoms with Crippen molar-refractivity contribution in [2.45, 2.75) is 13.1 Å². The first-order valence-electron chi connectivity index (χ1n) is 6.27. The topological polar surface area (TPSA) is 21.6 Å². The Balaban J connectivity index is 2.30. The first-order valence-corrected chi connectivity index (χ1v) is 6.27. The van der Waals surface area contributed by atoms with Gasteiger partial charge in [-0.3, -0.25) is 4.99 Å². The van der Waals surface area contributed by atoms with Gasteiger partial charge in [-0.2, -0.15) is 13.2 Å². The molecule has 0 saturated heterocycles. The van der Waals surface area contributed by atoms with E-state index < -0.39 is 11.7 Å². The van der Waals surface area contributed by atoms with Crippen molar-refractivity contribution in [3.8, 4) is 5.75 Å². The Labute approximate surface area is 120 Å². The average molecular weight is 293 g/mol. The predicted molar refractivity (Wildman–Crippen MR) is 76.3 cm³/mol. The van der Waals surface area contributed by atoms with Crippen molar-refractivity contribution in [3.05, 3.63) is 59.7 Å². The molecule has 0 amide bonds. The van der Waals surface area contributed by atoms with E-state index in [2.05, 4.69) is 4.99 Å². The second-order valence-electron chi connectivity index (χ2n) is 4.47. The summed E-state index contributed by atoms with van der Waals surface area (Å²) in [5.74, 6) is 0.700. The smallest absolute Gasteiger partial charge is 0.416 e. The lowest BCUT2D eigenvalue weighted by Gasteiger charge is -2.08. The molecule has 2 aromatic carbocycles. The lowest BCUT2D eigenvalue weighted by Crippen LogP contribution is -2.06. The van der Waals surface area contributed by atoms with Gasteiger partial charge < -0.3 is 4.74 Å². The number of rotatable bonds is 3.